The molecule has 11 rings (SSSR count). The van der Waals surface area contributed by atoms with Gasteiger partial charge in [0.15, 0.2) is 0 Å². The van der Waals surface area contributed by atoms with Crippen LogP contribution in [0, 0.1) is 0 Å². The van der Waals surface area contributed by atoms with Gasteiger partial charge in [0.2, 0.25) is 5.95 Å². The van der Waals surface area contributed by atoms with Crippen molar-refractivity contribution in [3.63, 3.8) is 0 Å². The van der Waals surface area contributed by atoms with E-state index in [1.54, 1.807) is 11.3 Å². The summed E-state index contributed by atoms with van der Waals surface area (Å²) in [4.78, 5) is 10.9. The number of benzene rings is 7. The zero-order valence-electron chi connectivity index (χ0n) is 26.1. The van der Waals surface area contributed by atoms with Crippen molar-refractivity contribution in [1.82, 2.24) is 14.5 Å². The van der Waals surface area contributed by atoms with E-state index in [-0.39, 0.29) is 0 Å². The summed E-state index contributed by atoms with van der Waals surface area (Å²) >= 11 is 1.76. The standard InChI is InChI=1S/C44H25N3OS/c1-2-12-27(13-3-1)40-43-41(32-16-7-9-20-38(32)49-43)46-44(45-40)47-35-23-21-26-11-4-5-14-29(26)39(35)33-18-10-17-30(42(33)47)28-22-24-37-34(25-28)31-15-6-8-19-36(31)48-37/h1-25H. The number of nitrogens with zero attached hydrogens (tertiary/aromatic N) is 3. The predicted octanol–water partition coefficient (Wildman–Crippen LogP) is 12.3. The Morgan fingerprint density at radius 1 is 0.531 bits per heavy atom. The number of rotatable bonds is 3. The third-order valence-electron chi connectivity index (χ3n) is 9.82. The third kappa shape index (κ3) is 3.85. The van der Waals surface area contributed by atoms with Crippen LogP contribution in [0.4, 0.5) is 0 Å². The Morgan fingerprint density at radius 2 is 1.29 bits per heavy atom. The zero-order chi connectivity index (χ0) is 32.1. The lowest BCUT2D eigenvalue weighted by atomic mass is 9.98. The summed E-state index contributed by atoms with van der Waals surface area (Å²) in [7, 11) is 0. The summed E-state index contributed by atoms with van der Waals surface area (Å²) in [6.45, 7) is 0. The first-order valence-electron chi connectivity index (χ1n) is 16.4. The molecule has 4 heterocycles. The molecule has 5 heteroatoms. The SMILES string of the molecule is c1ccc(-c2nc(-n3c4ccc5ccccc5c4c4cccc(-c5ccc6oc7ccccc7c6c5)c43)nc3c2sc2ccccc23)cc1. The molecule has 4 nitrogen and oxygen atoms in total. The molecule has 11 aromatic rings. The van der Waals surface area contributed by atoms with Crippen molar-refractivity contribution < 1.29 is 4.42 Å². The van der Waals surface area contributed by atoms with E-state index in [2.05, 4.69) is 144 Å². The highest BCUT2D eigenvalue weighted by Crippen LogP contribution is 2.44. The van der Waals surface area contributed by atoms with Gasteiger partial charge in [-0.1, -0.05) is 121 Å². The maximum Gasteiger partial charge on any atom is 0.235 e. The molecule has 49 heavy (non-hydrogen) atoms. The molecule has 0 spiro atoms. The monoisotopic (exact) mass is 643 g/mol. The van der Waals surface area contributed by atoms with Crippen LogP contribution in [0.25, 0.3) is 103 Å². The lowest BCUT2D eigenvalue weighted by molar-refractivity contribution is 0.669. The van der Waals surface area contributed by atoms with Gasteiger partial charge in [0, 0.05) is 42.8 Å². The van der Waals surface area contributed by atoms with Crippen LogP contribution in [-0.4, -0.2) is 14.5 Å². The largest absolute Gasteiger partial charge is 0.456 e. The average Bonchev–Trinajstić information content (AvgIpc) is 3.84. The summed E-state index contributed by atoms with van der Waals surface area (Å²) in [5.74, 6) is 0.660. The lowest BCUT2D eigenvalue weighted by Crippen LogP contribution is -2.03. The van der Waals surface area contributed by atoms with Crippen LogP contribution in [0.3, 0.4) is 0 Å². The second-order valence-corrected chi connectivity index (χ2v) is 13.6. The lowest BCUT2D eigenvalue weighted by Gasteiger charge is -2.12. The van der Waals surface area contributed by atoms with E-state index in [1.807, 2.05) is 12.1 Å². The van der Waals surface area contributed by atoms with Crippen molar-refractivity contribution in [3.8, 4) is 28.3 Å². The average molecular weight is 644 g/mol. The first-order valence-corrected chi connectivity index (χ1v) is 17.2. The van der Waals surface area contributed by atoms with E-state index in [4.69, 9.17) is 14.4 Å². The Kier molecular flexibility index (Phi) is 5.51. The zero-order valence-corrected chi connectivity index (χ0v) is 26.9. The summed E-state index contributed by atoms with van der Waals surface area (Å²) in [6.07, 6.45) is 0. The predicted molar refractivity (Wildman–Crippen MR) is 205 cm³/mol. The molecule has 228 valence electrons. The summed E-state index contributed by atoms with van der Waals surface area (Å²) in [6, 6.07) is 53.6. The number of aromatic nitrogens is 3. The van der Waals surface area contributed by atoms with Crippen molar-refractivity contribution in [2.45, 2.75) is 0 Å². The first-order chi connectivity index (χ1) is 24.3. The number of fused-ring (bicyclic) bond motifs is 11. The van der Waals surface area contributed by atoms with Crippen LogP contribution in [-0.2, 0) is 0 Å². The van der Waals surface area contributed by atoms with Crippen molar-refractivity contribution >= 4 is 86.2 Å². The van der Waals surface area contributed by atoms with Gasteiger partial charge in [0.1, 0.15) is 11.2 Å². The van der Waals surface area contributed by atoms with E-state index in [1.165, 1.54) is 26.2 Å². The maximum absolute atomic E-state index is 6.22. The molecule has 0 aliphatic heterocycles. The van der Waals surface area contributed by atoms with Crippen LogP contribution in [0.15, 0.2) is 156 Å². The molecule has 0 amide bonds. The normalized spacial score (nSPS) is 12.1. The first kappa shape index (κ1) is 26.7. The molecule has 0 unspecified atom stereocenters. The highest BCUT2D eigenvalue weighted by Gasteiger charge is 2.23. The van der Waals surface area contributed by atoms with Gasteiger partial charge in [0.25, 0.3) is 0 Å². The summed E-state index contributed by atoms with van der Waals surface area (Å²) < 4.78 is 10.8. The van der Waals surface area contributed by atoms with Gasteiger partial charge >= 0.3 is 0 Å². The van der Waals surface area contributed by atoms with Crippen LogP contribution >= 0.6 is 11.3 Å². The molecule has 0 atom stereocenters. The third-order valence-corrected chi connectivity index (χ3v) is 11.0. The van der Waals surface area contributed by atoms with Gasteiger partial charge in [0.05, 0.1) is 26.9 Å². The topological polar surface area (TPSA) is 43.9 Å². The molecular formula is C44H25N3OS. The van der Waals surface area contributed by atoms with Gasteiger partial charge < -0.3 is 4.42 Å². The van der Waals surface area contributed by atoms with Crippen molar-refractivity contribution in [1.29, 1.82) is 0 Å². The van der Waals surface area contributed by atoms with E-state index in [9.17, 15) is 0 Å². The Balaban J connectivity index is 1.30. The van der Waals surface area contributed by atoms with Crippen molar-refractivity contribution in [2.24, 2.45) is 0 Å². The fraction of sp³-hybridized carbons (Fsp3) is 0. The molecule has 0 fully saturated rings. The van der Waals surface area contributed by atoms with E-state index >= 15 is 0 Å². The van der Waals surface area contributed by atoms with Crippen molar-refractivity contribution in [3.05, 3.63) is 152 Å². The molecular weight excluding hydrogens is 619 g/mol. The Bertz CT molecular complexity index is 3110. The molecule has 0 saturated carbocycles. The summed E-state index contributed by atoms with van der Waals surface area (Å²) in [5.41, 5.74) is 9.17. The Labute approximate surface area is 284 Å². The molecule has 7 aromatic carbocycles. The quantitative estimate of drug-likeness (QED) is 0.192. The summed E-state index contributed by atoms with van der Waals surface area (Å²) in [5, 5.41) is 8.15. The molecule has 0 radical (unpaired) electrons. The minimum atomic E-state index is 0.660. The second kappa shape index (κ2) is 10.1. The van der Waals surface area contributed by atoms with E-state index < -0.39 is 0 Å². The fourth-order valence-electron chi connectivity index (χ4n) is 7.64. The molecule has 0 aliphatic rings. The minimum Gasteiger partial charge on any atom is -0.456 e. The van der Waals surface area contributed by atoms with Crippen LogP contribution in [0.2, 0.25) is 0 Å². The van der Waals surface area contributed by atoms with E-state index in [0.717, 1.165) is 71.0 Å². The molecule has 4 aromatic heterocycles. The number of thiophene rings is 1. The Morgan fingerprint density at radius 3 is 2.20 bits per heavy atom. The molecule has 0 saturated heterocycles. The molecule has 0 N–H and O–H groups in total. The maximum atomic E-state index is 6.22. The second-order valence-electron chi connectivity index (χ2n) is 12.5. The smallest absolute Gasteiger partial charge is 0.235 e. The fourth-order valence-corrected chi connectivity index (χ4v) is 8.79. The van der Waals surface area contributed by atoms with Gasteiger partial charge in [-0.3, -0.25) is 4.57 Å². The molecule has 0 aliphatic carbocycles. The van der Waals surface area contributed by atoms with Gasteiger partial charge in [-0.25, -0.2) is 9.97 Å². The minimum absolute atomic E-state index is 0.660. The van der Waals surface area contributed by atoms with E-state index in [0.29, 0.717) is 5.95 Å². The van der Waals surface area contributed by atoms with Gasteiger partial charge in [-0.05, 0) is 46.7 Å². The van der Waals surface area contributed by atoms with Crippen LogP contribution in [0.5, 0.6) is 0 Å². The molecule has 0 bridgehead atoms. The number of furan rings is 1. The van der Waals surface area contributed by atoms with Gasteiger partial charge in [-0.15, -0.1) is 11.3 Å². The van der Waals surface area contributed by atoms with Crippen LogP contribution in [0.1, 0.15) is 0 Å². The highest BCUT2D eigenvalue weighted by atomic mass is 32.1. The Hall–Kier alpha value is -6.30. The number of para-hydroxylation sites is 2. The van der Waals surface area contributed by atoms with Gasteiger partial charge in [-0.2, -0.15) is 0 Å². The van der Waals surface area contributed by atoms with Crippen molar-refractivity contribution in [2.75, 3.05) is 0 Å². The number of hydrogen-bond donors (Lipinski definition) is 0. The van der Waals surface area contributed by atoms with Crippen LogP contribution < -0.4 is 0 Å². The highest BCUT2D eigenvalue weighted by molar-refractivity contribution is 7.26. The number of hydrogen-bond acceptors (Lipinski definition) is 4.